The maximum absolute atomic E-state index is 12.3. The minimum Gasteiger partial charge on any atom is -0.465 e. The number of nitrogens with zero attached hydrogens (tertiary/aromatic N) is 2. The molecule has 0 unspecified atom stereocenters. The molecular formula is C20H33N3O3. The molecule has 26 heavy (non-hydrogen) atoms. The molecule has 146 valence electrons. The first-order valence-electron chi connectivity index (χ1n) is 9.94. The van der Waals surface area contributed by atoms with Crippen LogP contribution in [0.2, 0.25) is 0 Å². The Labute approximate surface area is 156 Å². The highest BCUT2D eigenvalue weighted by atomic mass is 16.5. The smallest absolute Gasteiger partial charge is 0.224 e. The molecule has 6 nitrogen and oxygen atoms in total. The Bertz CT molecular complexity index is 566. The molecule has 0 saturated carbocycles. The lowest BCUT2D eigenvalue weighted by molar-refractivity contribution is -0.127. The van der Waals surface area contributed by atoms with Crippen molar-refractivity contribution >= 4 is 5.91 Å². The van der Waals surface area contributed by atoms with Crippen LogP contribution in [0, 0.1) is 12.8 Å². The van der Waals surface area contributed by atoms with Gasteiger partial charge in [0.05, 0.1) is 19.1 Å². The maximum atomic E-state index is 12.3. The van der Waals surface area contributed by atoms with Crippen molar-refractivity contribution in [2.45, 2.75) is 45.2 Å². The molecule has 1 aromatic rings. The summed E-state index contributed by atoms with van der Waals surface area (Å²) in [5.41, 5.74) is 0. The van der Waals surface area contributed by atoms with Crippen LogP contribution < -0.4 is 5.32 Å². The summed E-state index contributed by atoms with van der Waals surface area (Å²) < 4.78 is 10.7. The van der Waals surface area contributed by atoms with Crippen molar-refractivity contribution in [3.05, 3.63) is 23.7 Å². The number of hydrogen-bond donors (Lipinski definition) is 1. The summed E-state index contributed by atoms with van der Waals surface area (Å²) in [6.07, 6.45) is 4.48. The van der Waals surface area contributed by atoms with E-state index in [1.807, 2.05) is 13.0 Å². The molecule has 0 aliphatic carbocycles. The molecule has 1 aromatic heterocycles. The second-order valence-corrected chi connectivity index (χ2v) is 7.64. The summed E-state index contributed by atoms with van der Waals surface area (Å²) in [6, 6.07) is 4.73. The van der Waals surface area contributed by atoms with Gasteiger partial charge in [-0.05, 0) is 51.3 Å². The maximum Gasteiger partial charge on any atom is 0.224 e. The molecule has 0 spiro atoms. The van der Waals surface area contributed by atoms with Crippen LogP contribution in [-0.4, -0.2) is 68.2 Å². The van der Waals surface area contributed by atoms with Gasteiger partial charge in [-0.2, -0.15) is 0 Å². The summed E-state index contributed by atoms with van der Waals surface area (Å²) in [6.45, 7) is 8.33. The zero-order valence-electron chi connectivity index (χ0n) is 16.2. The lowest BCUT2D eigenvalue weighted by Gasteiger charge is -2.41. The molecule has 1 N–H and O–H groups in total. The molecule has 2 aliphatic rings. The average molecular weight is 364 g/mol. The van der Waals surface area contributed by atoms with Gasteiger partial charge in [-0.3, -0.25) is 14.6 Å². The molecule has 1 amide bonds. The van der Waals surface area contributed by atoms with Crippen molar-refractivity contribution in [3.8, 4) is 0 Å². The van der Waals surface area contributed by atoms with E-state index < -0.39 is 0 Å². The van der Waals surface area contributed by atoms with Gasteiger partial charge in [-0.1, -0.05) is 0 Å². The number of carbonyl (C=O) groups is 1. The third-order valence-electron chi connectivity index (χ3n) is 5.68. The van der Waals surface area contributed by atoms with Crippen molar-refractivity contribution in [3.63, 3.8) is 0 Å². The van der Waals surface area contributed by atoms with Crippen molar-refractivity contribution in [2.75, 3.05) is 46.4 Å². The fourth-order valence-electron chi connectivity index (χ4n) is 4.21. The summed E-state index contributed by atoms with van der Waals surface area (Å²) in [7, 11) is 1.66. The molecule has 0 aromatic carbocycles. The Morgan fingerprint density at radius 2 is 2.08 bits per heavy atom. The first-order valence-corrected chi connectivity index (χ1v) is 9.94. The van der Waals surface area contributed by atoms with Crippen LogP contribution in [0.25, 0.3) is 0 Å². The van der Waals surface area contributed by atoms with Gasteiger partial charge in [-0.15, -0.1) is 0 Å². The molecule has 3 heterocycles. The first-order chi connectivity index (χ1) is 12.7. The molecular weight excluding hydrogens is 330 g/mol. The van der Waals surface area contributed by atoms with E-state index in [2.05, 4.69) is 21.2 Å². The minimum atomic E-state index is 0.129. The number of carbonyl (C=O) groups excluding carboxylic acids is 1. The Morgan fingerprint density at radius 3 is 2.77 bits per heavy atom. The van der Waals surface area contributed by atoms with Crippen molar-refractivity contribution in [1.82, 2.24) is 15.1 Å². The number of rotatable bonds is 7. The second-order valence-electron chi connectivity index (χ2n) is 7.64. The summed E-state index contributed by atoms with van der Waals surface area (Å²) in [4.78, 5) is 17.4. The number of furan rings is 1. The predicted octanol–water partition coefficient (Wildman–Crippen LogP) is 2.03. The standard InChI is InChI=1S/C20H33N3O3/c1-16-5-6-19(26-16)15-22-11-7-18(8-12-22)23-10-3-4-17(14-23)20(24)21-9-13-25-2/h5-6,17-18H,3-4,7-15H2,1-2H3,(H,21,24)/t17-/m1/s1. The van der Waals surface area contributed by atoms with E-state index in [0.717, 1.165) is 57.1 Å². The molecule has 3 rings (SSSR count). The van der Waals surface area contributed by atoms with E-state index in [0.29, 0.717) is 19.2 Å². The number of likely N-dealkylation sites (tertiary alicyclic amines) is 2. The molecule has 2 saturated heterocycles. The predicted molar refractivity (Wildman–Crippen MR) is 101 cm³/mol. The SMILES string of the molecule is COCCNC(=O)[C@@H]1CCCN(C2CCN(Cc3ccc(C)o3)CC2)C1. The highest BCUT2D eigenvalue weighted by Gasteiger charge is 2.31. The van der Waals surface area contributed by atoms with Crippen LogP contribution >= 0.6 is 0 Å². The number of hydrogen-bond acceptors (Lipinski definition) is 5. The van der Waals surface area contributed by atoms with Gasteiger partial charge in [0.2, 0.25) is 5.91 Å². The van der Waals surface area contributed by atoms with Gasteiger partial charge in [0.25, 0.3) is 0 Å². The summed E-state index contributed by atoms with van der Waals surface area (Å²) in [5, 5.41) is 3.00. The Kier molecular flexibility index (Phi) is 7.11. The van der Waals surface area contributed by atoms with Gasteiger partial charge in [-0.25, -0.2) is 0 Å². The number of amides is 1. The van der Waals surface area contributed by atoms with Crippen LogP contribution in [0.3, 0.4) is 0 Å². The Hall–Kier alpha value is -1.37. The van der Waals surface area contributed by atoms with E-state index in [1.54, 1.807) is 7.11 Å². The van der Waals surface area contributed by atoms with Crippen LogP contribution in [0.5, 0.6) is 0 Å². The lowest BCUT2D eigenvalue weighted by atomic mass is 9.93. The zero-order chi connectivity index (χ0) is 18.4. The molecule has 6 heteroatoms. The normalized spacial score (nSPS) is 23.2. The third kappa shape index (κ3) is 5.32. The van der Waals surface area contributed by atoms with Gasteiger partial charge < -0.3 is 14.5 Å². The number of piperidine rings is 2. The number of ether oxygens (including phenoxy) is 1. The van der Waals surface area contributed by atoms with E-state index in [4.69, 9.17) is 9.15 Å². The van der Waals surface area contributed by atoms with Gasteiger partial charge in [0.1, 0.15) is 11.5 Å². The highest BCUT2D eigenvalue weighted by molar-refractivity contribution is 5.78. The molecule has 0 bridgehead atoms. The van der Waals surface area contributed by atoms with Crippen LogP contribution in [0.15, 0.2) is 16.5 Å². The summed E-state index contributed by atoms with van der Waals surface area (Å²) in [5.74, 6) is 2.37. The van der Waals surface area contributed by atoms with Gasteiger partial charge >= 0.3 is 0 Å². The first kappa shape index (κ1) is 19.4. The van der Waals surface area contributed by atoms with Crippen LogP contribution in [0.4, 0.5) is 0 Å². The second kappa shape index (κ2) is 9.53. The van der Waals surface area contributed by atoms with E-state index in [1.165, 1.54) is 12.8 Å². The van der Waals surface area contributed by atoms with E-state index >= 15 is 0 Å². The van der Waals surface area contributed by atoms with E-state index in [9.17, 15) is 4.79 Å². The molecule has 2 fully saturated rings. The van der Waals surface area contributed by atoms with Gasteiger partial charge in [0.15, 0.2) is 0 Å². The Morgan fingerprint density at radius 1 is 1.27 bits per heavy atom. The Balaban J connectivity index is 1.42. The van der Waals surface area contributed by atoms with Crippen molar-refractivity contribution in [1.29, 1.82) is 0 Å². The van der Waals surface area contributed by atoms with Crippen molar-refractivity contribution < 1.29 is 13.9 Å². The third-order valence-corrected chi connectivity index (χ3v) is 5.68. The van der Waals surface area contributed by atoms with Crippen molar-refractivity contribution in [2.24, 2.45) is 5.92 Å². The minimum absolute atomic E-state index is 0.129. The van der Waals surface area contributed by atoms with E-state index in [-0.39, 0.29) is 11.8 Å². The fourth-order valence-corrected chi connectivity index (χ4v) is 4.21. The number of nitrogens with one attached hydrogen (secondary N) is 1. The monoisotopic (exact) mass is 363 g/mol. The zero-order valence-corrected chi connectivity index (χ0v) is 16.2. The van der Waals surface area contributed by atoms with Crippen LogP contribution in [0.1, 0.15) is 37.2 Å². The molecule has 2 aliphatic heterocycles. The lowest BCUT2D eigenvalue weighted by Crippen LogP contribution is -2.50. The summed E-state index contributed by atoms with van der Waals surface area (Å²) >= 11 is 0. The van der Waals surface area contributed by atoms with Crippen LogP contribution in [-0.2, 0) is 16.1 Å². The van der Waals surface area contributed by atoms with Gasteiger partial charge in [0, 0.05) is 39.3 Å². The average Bonchev–Trinajstić information content (AvgIpc) is 3.07. The fraction of sp³-hybridized carbons (Fsp3) is 0.750. The topological polar surface area (TPSA) is 58.0 Å². The largest absolute Gasteiger partial charge is 0.465 e. The number of methoxy groups -OCH3 is 1. The molecule has 1 atom stereocenters. The molecule has 0 radical (unpaired) electrons. The quantitative estimate of drug-likeness (QED) is 0.751. The highest BCUT2D eigenvalue weighted by Crippen LogP contribution is 2.25. The number of aryl methyl sites for hydroxylation is 1.